The van der Waals surface area contributed by atoms with Gasteiger partial charge in [0.1, 0.15) is 17.5 Å². The maximum absolute atomic E-state index is 14.0. The van der Waals surface area contributed by atoms with Crippen LogP contribution in [0.25, 0.3) is 0 Å². The highest BCUT2D eigenvalue weighted by Gasteiger charge is 2.68. The summed E-state index contributed by atoms with van der Waals surface area (Å²) in [6.45, 7) is 6.60. The van der Waals surface area contributed by atoms with Gasteiger partial charge in [0.25, 0.3) is 0 Å². The number of ketones is 5. The Bertz CT molecular complexity index is 1250. The van der Waals surface area contributed by atoms with Crippen LogP contribution in [0.15, 0.2) is 6.07 Å². The Morgan fingerprint density at radius 2 is 1.74 bits per heavy atom. The molecule has 2 N–H and O–H groups in total. The van der Waals surface area contributed by atoms with E-state index in [-0.39, 0.29) is 23.7 Å². The fourth-order valence-electron chi connectivity index (χ4n) is 8.32. The first-order valence-electron chi connectivity index (χ1n) is 14.6. The molecular weight excluding hydrogens is 496 g/mol. The Morgan fingerprint density at radius 3 is 2.36 bits per heavy atom. The van der Waals surface area contributed by atoms with Crippen molar-refractivity contribution in [2.75, 3.05) is 0 Å². The van der Waals surface area contributed by atoms with E-state index in [1.807, 2.05) is 13.0 Å². The number of benzene rings is 1. The lowest BCUT2D eigenvalue weighted by Crippen LogP contribution is -2.70. The predicted molar refractivity (Wildman–Crippen MR) is 143 cm³/mol. The van der Waals surface area contributed by atoms with Crippen LogP contribution >= 0.6 is 0 Å². The van der Waals surface area contributed by atoms with Crippen LogP contribution in [0.5, 0.6) is 5.75 Å². The number of rotatable bonds is 5. The first-order chi connectivity index (χ1) is 18.4. The minimum absolute atomic E-state index is 0.0939. The molecule has 0 bridgehead atoms. The highest BCUT2D eigenvalue weighted by molar-refractivity contribution is 6.32. The number of hydrogen-bond acceptors (Lipinski definition) is 7. The number of carbonyl (C=O) groups is 5. The molecule has 1 aromatic carbocycles. The second-order valence-corrected chi connectivity index (χ2v) is 13.0. The molecule has 0 amide bonds. The molecule has 7 nitrogen and oxygen atoms in total. The number of fused-ring (bicyclic) bond motifs is 3. The van der Waals surface area contributed by atoms with Gasteiger partial charge in [0.15, 0.2) is 28.7 Å². The molecule has 3 fully saturated rings. The van der Waals surface area contributed by atoms with Gasteiger partial charge in [-0.25, -0.2) is 0 Å². The fraction of sp³-hybridized carbons (Fsp3) is 0.656. The molecule has 39 heavy (non-hydrogen) atoms. The minimum Gasteiger partial charge on any atom is -0.507 e. The average molecular weight is 537 g/mol. The van der Waals surface area contributed by atoms with Crippen molar-refractivity contribution in [3.63, 3.8) is 0 Å². The lowest BCUT2D eigenvalue weighted by molar-refractivity contribution is -0.182. The summed E-state index contributed by atoms with van der Waals surface area (Å²) < 4.78 is 0. The second-order valence-electron chi connectivity index (χ2n) is 13.0. The Balaban J connectivity index is 1.53. The van der Waals surface area contributed by atoms with Gasteiger partial charge >= 0.3 is 0 Å². The quantitative estimate of drug-likeness (QED) is 0.542. The zero-order valence-electron chi connectivity index (χ0n) is 23.4. The molecule has 3 saturated carbocycles. The van der Waals surface area contributed by atoms with E-state index in [4.69, 9.17) is 0 Å². The SMILES string of the molecule is CC(=O)C1C(=O)C(C(C)C)C2CC3Cc4c(C)cc(CCC5CCCCC5)c(O)c4C(=O)C3C(=O)C2(O)C1=O. The van der Waals surface area contributed by atoms with E-state index in [1.165, 1.54) is 32.1 Å². The van der Waals surface area contributed by atoms with Crippen LogP contribution < -0.4 is 0 Å². The summed E-state index contributed by atoms with van der Waals surface area (Å²) in [5, 5.41) is 23.1. The summed E-state index contributed by atoms with van der Waals surface area (Å²) in [6.07, 6.45) is 8.12. The molecule has 0 spiro atoms. The molecule has 6 unspecified atom stereocenters. The van der Waals surface area contributed by atoms with E-state index < -0.39 is 64.1 Å². The molecule has 4 aliphatic carbocycles. The Hall–Kier alpha value is -2.67. The second kappa shape index (κ2) is 10.1. The van der Waals surface area contributed by atoms with Gasteiger partial charge in [-0.15, -0.1) is 0 Å². The Labute approximate surface area is 229 Å². The van der Waals surface area contributed by atoms with E-state index in [1.54, 1.807) is 13.8 Å². The van der Waals surface area contributed by atoms with Gasteiger partial charge < -0.3 is 10.2 Å². The molecule has 0 saturated heterocycles. The highest BCUT2D eigenvalue weighted by atomic mass is 16.3. The third kappa shape index (κ3) is 4.23. The monoisotopic (exact) mass is 536 g/mol. The summed E-state index contributed by atoms with van der Waals surface area (Å²) in [4.78, 5) is 67.1. The van der Waals surface area contributed by atoms with Crippen LogP contribution in [0.1, 0.15) is 92.8 Å². The van der Waals surface area contributed by atoms with Crippen molar-refractivity contribution >= 4 is 28.9 Å². The number of aromatic hydroxyl groups is 1. The summed E-state index contributed by atoms with van der Waals surface area (Å²) in [5.74, 6) is -8.94. The Morgan fingerprint density at radius 1 is 1.08 bits per heavy atom. The van der Waals surface area contributed by atoms with Gasteiger partial charge in [-0.1, -0.05) is 52.0 Å². The molecule has 4 aliphatic rings. The van der Waals surface area contributed by atoms with Crippen molar-refractivity contribution < 1.29 is 34.2 Å². The van der Waals surface area contributed by atoms with E-state index >= 15 is 0 Å². The minimum atomic E-state index is -2.57. The molecule has 0 heterocycles. The molecular formula is C32H40O7. The number of hydrogen-bond donors (Lipinski definition) is 2. The van der Waals surface area contributed by atoms with Crippen LogP contribution in [0.4, 0.5) is 0 Å². The lowest BCUT2D eigenvalue weighted by Gasteiger charge is -2.52. The van der Waals surface area contributed by atoms with Crippen LogP contribution in [0, 0.1) is 48.3 Å². The van der Waals surface area contributed by atoms with Crippen molar-refractivity contribution in [3.8, 4) is 5.75 Å². The summed E-state index contributed by atoms with van der Waals surface area (Å²) >= 11 is 0. The largest absolute Gasteiger partial charge is 0.507 e. The van der Waals surface area contributed by atoms with Crippen LogP contribution in [-0.4, -0.2) is 44.7 Å². The molecule has 6 atom stereocenters. The molecule has 210 valence electrons. The van der Waals surface area contributed by atoms with Crippen molar-refractivity contribution in [2.45, 2.75) is 91.1 Å². The van der Waals surface area contributed by atoms with Gasteiger partial charge in [0.05, 0.1) is 11.5 Å². The standard InChI is InChI=1S/C32H40O7/c1-15(2)23-22-14-20-13-21-16(3)12-19(11-10-18-8-6-5-7-9-18)27(34)26(21)29(36)25(20)31(38)32(22,39)30(37)24(17(4)33)28(23)35/h12,15,18,20,22-25,34,39H,5-11,13-14H2,1-4H3. The zero-order valence-corrected chi connectivity index (χ0v) is 23.4. The number of phenols is 1. The van der Waals surface area contributed by atoms with E-state index in [9.17, 15) is 34.2 Å². The Kier molecular flexibility index (Phi) is 7.19. The topological polar surface area (TPSA) is 126 Å². The number of carbonyl (C=O) groups excluding carboxylic acids is 5. The van der Waals surface area contributed by atoms with Crippen LogP contribution in [-0.2, 0) is 32.0 Å². The molecule has 0 aromatic heterocycles. The summed E-state index contributed by atoms with van der Waals surface area (Å²) in [5.41, 5.74) is -0.159. The van der Waals surface area contributed by atoms with Gasteiger partial charge in [-0.05, 0) is 74.0 Å². The van der Waals surface area contributed by atoms with E-state index in [0.717, 1.165) is 18.9 Å². The summed E-state index contributed by atoms with van der Waals surface area (Å²) in [7, 11) is 0. The normalized spacial score (nSPS) is 33.1. The van der Waals surface area contributed by atoms with E-state index in [0.29, 0.717) is 29.9 Å². The number of aliphatic hydroxyl groups is 1. The predicted octanol–water partition coefficient (Wildman–Crippen LogP) is 4.13. The van der Waals surface area contributed by atoms with Crippen molar-refractivity contribution in [1.82, 2.24) is 0 Å². The smallest absolute Gasteiger partial charge is 0.190 e. The van der Waals surface area contributed by atoms with Gasteiger partial charge in [-0.2, -0.15) is 0 Å². The molecule has 1 aromatic rings. The number of aryl methyl sites for hydroxylation is 2. The van der Waals surface area contributed by atoms with Gasteiger partial charge in [0, 0.05) is 11.8 Å². The number of phenolic OH excluding ortho intramolecular Hbond substituents is 1. The molecule has 5 rings (SSSR count). The van der Waals surface area contributed by atoms with Crippen LogP contribution in [0.2, 0.25) is 0 Å². The van der Waals surface area contributed by atoms with Crippen LogP contribution in [0.3, 0.4) is 0 Å². The van der Waals surface area contributed by atoms with Gasteiger partial charge in [-0.3, -0.25) is 24.0 Å². The zero-order chi connectivity index (χ0) is 28.4. The summed E-state index contributed by atoms with van der Waals surface area (Å²) in [6, 6.07) is 1.95. The number of Topliss-reactive ketones (excluding diaryl/α,β-unsaturated/α-hetero) is 5. The highest BCUT2D eigenvalue weighted by Crippen LogP contribution is 2.53. The average Bonchev–Trinajstić information content (AvgIpc) is 2.87. The fourth-order valence-corrected chi connectivity index (χ4v) is 8.32. The van der Waals surface area contributed by atoms with E-state index in [2.05, 4.69) is 0 Å². The lowest BCUT2D eigenvalue weighted by atomic mass is 9.49. The van der Waals surface area contributed by atoms with Crippen molar-refractivity contribution in [1.29, 1.82) is 0 Å². The first-order valence-corrected chi connectivity index (χ1v) is 14.6. The van der Waals surface area contributed by atoms with Crippen molar-refractivity contribution in [2.24, 2.45) is 41.4 Å². The molecule has 7 heteroatoms. The maximum Gasteiger partial charge on any atom is 0.190 e. The molecule has 0 aliphatic heterocycles. The van der Waals surface area contributed by atoms with Crippen molar-refractivity contribution in [3.05, 3.63) is 28.3 Å². The third-order valence-electron chi connectivity index (χ3n) is 10.3. The third-order valence-corrected chi connectivity index (χ3v) is 10.3. The maximum atomic E-state index is 14.0. The van der Waals surface area contributed by atoms with Gasteiger partial charge in [0.2, 0.25) is 0 Å². The first kappa shape index (κ1) is 27.9. The molecule has 0 radical (unpaired) electrons.